The van der Waals surface area contributed by atoms with Crippen molar-refractivity contribution in [3.63, 3.8) is 0 Å². The SMILES string of the molecule is c1ccc2c3c([nH]c2c1)C(C1CCCCC1)=NCC3. The second kappa shape index (κ2) is 4.52. The van der Waals surface area contributed by atoms with Gasteiger partial charge in [0.2, 0.25) is 0 Å². The van der Waals surface area contributed by atoms with E-state index >= 15 is 0 Å². The maximum absolute atomic E-state index is 4.88. The van der Waals surface area contributed by atoms with Gasteiger partial charge in [-0.1, -0.05) is 37.5 Å². The second-order valence-corrected chi connectivity index (χ2v) is 5.88. The Balaban J connectivity index is 1.81. The summed E-state index contributed by atoms with van der Waals surface area (Å²) in [5.41, 5.74) is 5.50. The van der Waals surface area contributed by atoms with Gasteiger partial charge in [-0.25, -0.2) is 0 Å². The van der Waals surface area contributed by atoms with Crippen LogP contribution in [0.3, 0.4) is 0 Å². The summed E-state index contributed by atoms with van der Waals surface area (Å²) in [6, 6.07) is 8.69. The molecule has 1 aliphatic heterocycles. The predicted octanol–water partition coefficient (Wildman–Crippen LogP) is 4.09. The second-order valence-electron chi connectivity index (χ2n) is 5.88. The van der Waals surface area contributed by atoms with E-state index in [1.54, 1.807) is 0 Å². The van der Waals surface area contributed by atoms with E-state index in [1.165, 1.54) is 60.0 Å². The van der Waals surface area contributed by atoms with Gasteiger partial charge in [-0.05, 0) is 30.9 Å². The number of benzene rings is 1. The largest absolute Gasteiger partial charge is 0.353 e. The van der Waals surface area contributed by atoms with Crippen LogP contribution in [0.4, 0.5) is 0 Å². The predicted molar refractivity (Wildman–Crippen MR) is 80.0 cm³/mol. The van der Waals surface area contributed by atoms with Crippen LogP contribution < -0.4 is 0 Å². The van der Waals surface area contributed by atoms with Crippen LogP contribution in [0.2, 0.25) is 0 Å². The Hall–Kier alpha value is -1.57. The van der Waals surface area contributed by atoms with E-state index in [0.717, 1.165) is 13.0 Å². The molecule has 2 aliphatic rings. The third kappa shape index (κ3) is 1.81. The summed E-state index contributed by atoms with van der Waals surface area (Å²) in [4.78, 5) is 8.51. The van der Waals surface area contributed by atoms with Crippen molar-refractivity contribution in [1.29, 1.82) is 0 Å². The molecule has 1 N–H and O–H groups in total. The lowest BCUT2D eigenvalue weighted by atomic mass is 9.83. The lowest BCUT2D eigenvalue weighted by Crippen LogP contribution is -2.23. The average molecular weight is 252 g/mol. The Bertz CT molecular complexity index is 630. The number of aliphatic imine (C=N–C) groups is 1. The molecule has 98 valence electrons. The van der Waals surface area contributed by atoms with Gasteiger partial charge in [-0.2, -0.15) is 0 Å². The molecule has 0 bridgehead atoms. The van der Waals surface area contributed by atoms with Crippen LogP contribution in [-0.2, 0) is 6.42 Å². The van der Waals surface area contributed by atoms with Crippen molar-refractivity contribution < 1.29 is 0 Å². The fraction of sp³-hybridized carbons (Fsp3) is 0.471. The minimum absolute atomic E-state index is 0.695. The summed E-state index contributed by atoms with van der Waals surface area (Å²) >= 11 is 0. The summed E-state index contributed by atoms with van der Waals surface area (Å²) in [5.74, 6) is 0.695. The van der Waals surface area contributed by atoms with Gasteiger partial charge in [0.15, 0.2) is 0 Å². The van der Waals surface area contributed by atoms with E-state index in [9.17, 15) is 0 Å². The van der Waals surface area contributed by atoms with Crippen LogP contribution in [-0.4, -0.2) is 17.2 Å². The molecular formula is C17H20N2. The van der Waals surface area contributed by atoms with Crippen molar-refractivity contribution in [3.05, 3.63) is 35.5 Å². The fourth-order valence-corrected chi connectivity index (χ4v) is 3.75. The molecule has 1 saturated carbocycles. The van der Waals surface area contributed by atoms with Crippen molar-refractivity contribution >= 4 is 16.6 Å². The first-order valence-electron chi connectivity index (χ1n) is 7.58. The first-order chi connectivity index (χ1) is 9.43. The molecule has 0 spiro atoms. The zero-order valence-corrected chi connectivity index (χ0v) is 11.3. The van der Waals surface area contributed by atoms with Gasteiger partial charge < -0.3 is 4.98 Å². The van der Waals surface area contributed by atoms with Crippen molar-refractivity contribution in [1.82, 2.24) is 4.98 Å². The van der Waals surface area contributed by atoms with Gasteiger partial charge in [0, 0.05) is 23.4 Å². The zero-order chi connectivity index (χ0) is 12.7. The Morgan fingerprint density at radius 2 is 1.89 bits per heavy atom. The maximum atomic E-state index is 4.88. The Kier molecular flexibility index (Phi) is 2.68. The first-order valence-corrected chi connectivity index (χ1v) is 7.58. The molecule has 1 aromatic heterocycles. The molecular weight excluding hydrogens is 232 g/mol. The third-order valence-corrected chi connectivity index (χ3v) is 4.71. The summed E-state index contributed by atoms with van der Waals surface area (Å²) in [7, 11) is 0. The van der Waals surface area contributed by atoms with Gasteiger partial charge in [-0.3, -0.25) is 4.99 Å². The first kappa shape index (κ1) is 11.3. The summed E-state index contributed by atoms with van der Waals surface area (Å²) < 4.78 is 0. The van der Waals surface area contributed by atoms with Crippen LogP contribution in [0, 0.1) is 5.92 Å². The number of para-hydroxylation sites is 1. The highest BCUT2D eigenvalue weighted by Crippen LogP contribution is 2.33. The minimum Gasteiger partial charge on any atom is -0.353 e. The van der Waals surface area contributed by atoms with Gasteiger partial charge in [0.1, 0.15) is 0 Å². The lowest BCUT2D eigenvalue weighted by molar-refractivity contribution is 0.438. The number of nitrogens with zero attached hydrogens (tertiary/aromatic N) is 1. The number of aromatic nitrogens is 1. The smallest absolute Gasteiger partial charge is 0.0641 e. The topological polar surface area (TPSA) is 28.1 Å². The Morgan fingerprint density at radius 3 is 2.79 bits per heavy atom. The van der Waals surface area contributed by atoms with Crippen molar-refractivity contribution in [2.24, 2.45) is 10.9 Å². The highest BCUT2D eigenvalue weighted by molar-refractivity contribution is 6.07. The minimum atomic E-state index is 0.695. The van der Waals surface area contributed by atoms with E-state index in [2.05, 4.69) is 29.2 Å². The third-order valence-electron chi connectivity index (χ3n) is 4.71. The normalized spacial score (nSPS) is 20.3. The number of aromatic amines is 1. The molecule has 0 atom stereocenters. The molecule has 1 fully saturated rings. The standard InChI is InChI=1S/C17H20N2/c1-2-6-12(7-3-1)16-17-14(10-11-18-16)13-8-4-5-9-15(13)19-17/h4-5,8-9,12,19H,1-3,6-7,10-11H2. The number of nitrogens with one attached hydrogen (secondary N) is 1. The average Bonchev–Trinajstić information content (AvgIpc) is 2.87. The quantitative estimate of drug-likeness (QED) is 0.791. The van der Waals surface area contributed by atoms with Crippen molar-refractivity contribution in [2.75, 3.05) is 6.54 Å². The summed E-state index contributed by atoms with van der Waals surface area (Å²) in [6.45, 7) is 0.973. The van der Waals surface area contributed by atoms with Crippen LogP contribution in [0.15, 0.2) is 29.3 Å². The molecule has 2 heterocycles. The molecule has 1 aliphatic carbocycles. The van der Waals surface area contributed by atoms with Gasteiger partial charge in [-0.15, -0.1) is 0 Å². The highest BCUT2D eigenvalue weighted by atomic mass is 14.8. The van der Waals surface area contributed by atoms with E-state index in [-0.39, 0.29) is 0 Å². The van der Waals surface area contributed by atoms with E-state index in [1.807, 2.05) is 0 Å². The molecule has 0 unspecified atom stereocenters. The van der Waals surface area contributed by atoms with E-state index in [4.69, 9.17) is 4.99 Å². The van der Waals surface area contributed by atoms with Crippen LogP contribution >= 0.6 is 0 Å². The number of rotatable bonds is 1. The van der Waals surface area contributed by atoms with Crippen LogP contribution in [0.5, 0.6) is 0 Å². The Morgan fingerprint density at radius 1 is 1.05 bits per heavy atom. The monoisotopic (exact) mass is 252 g/mol. The lowest BCUT2D eigenvalue weighted by Gasteiger charge is -2.25. The molecule has 4 rings (SSSR count). The van der Waals surface area contributed by atoms with Gasteiger partial charge >= 0.3 is 0 Å². The maximum Gasteiger partial charge on any atom is 0.0641 e. The molecule has 2 nitrogen and oxygen atoms in total. The summed E-state index contributed by atoms with van der Waals surface area (Å²) in [5, 5.41) is 1.40. The van der Waals surface area contributed by atoms with E-state index in [0.29, 0.717) is 5.92 Å². The molecule has 2 aromatic rings. The van der Waals surface area contributed by atoms with Crippen LogP contribution in [0.1, 0.15) is 43.4 Å². The van der Waals surface area contributed by atoms with E-state index < -0.39 is 0 Å². The van der Waals surface area contributed by atoms with Crippen molar-refractivity contribution in [2.45, 2.75) is 38.5 Å². The number of fused-ring (bicyclic) bond motifs is 3. The highest BCUT2D eigenvalue weighted by Gasteiger charge is 2.26. The number of hydrogen-bond acceptors (Lipinski definition) is 1. The molecule has 2 heteroatoms. The molecule has 0 amide bonds. The molecule has 19 heavy (non-hydrogen) atoms. The van der Waals surface area contributed by atoms with Gasteiger partial charge in [0.05, 0.1) is 11.4 Å². The van der Waals surface area contributed by atoms with Crippen LogP contribution in [0.25, 0.3) is 10.9 Å². The molecule has 0 radical (unpaired) electrons. The number of H-pyrrole nitrogens is 1. The number of hydrogen-bond donors (Lipinski definition) is 1. The zero-order valence-electron chi connectivity index (χ0n) is 11.3. The van der Waals surface area contributed by atoms with Gasteiger partial charge in [0.25, 0.3) is 0 Å². The molecule has 0 saturated heterocycles. The summed E-state index contributed by atoms with van der Waals surface area (Å²) in [6.07, 6.45) is 7.90. The Labute approximate surface area is 113 Å². The molecule has 1 aromatic carbocycles. The van der Waals surface area contributed by atoms with Crippen molar-refractivity contribution in [3.8, 4) is 0 Å². The fourth-order valence-electron chi connectivity index (χ4n) is 3.75.